The van der Waals surface area contributed by atoms with Crippen molar-refractivity contribution >= 4 is 17.7 Å². The van der Waals surface area contributed by atoms with Crippen LogP contribution in [0.15, 0.2) is 35.5 Å². The van der Waals surface area contributed by atoms with E-state index in [4.69, 9.17) is 4.74 Å². The van der Waals surface area contributed by atoms with Gasteiger partial charge in [-0.3, -0.25) is 4.79 Å². The summed E-state index contributed by atoms with van der Waals surface area (Å²) in [5.74, 6) is 1.19. The van der Waals surface area contributed by atoms with Gasteiger partial charge in [0.1, 0.15) is 5.75 Å². The molecule has 0 saturated carbocycles. The Kier molecular flexibility index (Phi) is 5.98. The third kappa shape index (κ3) is 5.25. The number of amides is 1. The van der Waals surface area contributed by atoms with Crippen molar-refractivity contribution in [2.45, 2.75) is 25.5 Å². The first-order valence-corrected chi connectivity index (χ1v) is 8.28. The molecule has 1 aromatic carbocycles. The summed E-state index contributed by atoms with van der Waals surface area (Å²) in [4.78, 5) is 22.6. The van der Waals surface area contributed by atoms with Crippen LogP contribution in [-0.4, -0.2) is 40.7 Å². The fourth-order valence-electron chi connectivity index (χ4n) is 2.09. The predicted octanol–water partition coefficient (Wildman–Crippen LogP) is 2.85. The Hall–Kier alpha value is -2.08. The lowest BCUT2D eigenvalue weighted by molar-refractivity contribution is -0.127. The molecule has 122 valence electrons. The predicted molar refractivity (Wildman–Crippen MR) is 91.7 cm³/mol. The van der Waals surface area contributed by atoms with E-state index in [9.17, 15) is 4.79 Å². The number of aryl methyl sites for hydroxylation is 2. The molecule has 2 aromatic rings. The van der Waals surface area contributed by atoms with E-state index in [0.29, 0.717) is 17.5 Å². The number of methoxy groups -OCH3 is 1. The number of ether oxygens (including phenoxy) is 1. The van der Waals surface area contributed by atoms with Gasteiger partial charge >= 0.3 is 0 Å². The molecule has 6 heteroatoms. The molecule has 5 nitrogen and oxygen atoms in total. The molecule has 0 bridgehead atoms. The van der Waals surface area contributed by atoms with Crippen molar-refractivity contribution in [1.82, 2.24) is 14.9 Å². The van der Waals surface area contributed by atoms with Crippen molar-refractivity contribution in [3.05, 3.63) is 47.3 Å². The first kappa shape index (κ1) is 17.3. The molecule has 0 radical (unpaired) electrons. The molecule has 0 aliphatic heterocycles. The van der Waals surface area contributed by atoms with Gasteiger partial charge in [-0.1, -0.05) is 23.9 Å². The number of aromatic nitrogens is 2. The zero-order valence-corrected chi connectivity index (χ0v) is 14.7. The molecule has 0 fully saturated rings. The molecule has 0 aliphatic carbocycles. The molecule has 0 aliphatic rings. The maximum atomic E-state index is 12.2. The third-order valence-electron chi connectivity index (χ3n) is 3.29. The van der Waals surface area contributed by atoms with Gasteiger partial charge in [0, 0.05) is 25.0 Å². The fraction of sp³-hybridized carbons (Fsp3) is 0.353. The topological polar surface area (TPSA) is 55.3 Å². The lowest BCUT2D eigenvalue weighted by atomic mass is 10.2. The van der Waals surface area contributed by atoms with Crippen LogP contribution in [0.5, 0.6) is 5.75 Å². The van der Waals surface area contributed by atoms with Crippen molar-refractivity contribution < 1.29 is 9.53 Å². The van der Waals surface area contributed by atoms with Crippen LogP contribution in [-0.2, 0) is 11.3 Å². The van der Waals surface area contributed by atoms with Gasteiger partial charge in [-0.05, 0) is 37.6 Å². The Balaban J connectivity index is 1.89. The number of carbonyl (C=O) groups excluding carboxylic acids is 1. The van der Waals surface area contributed by atoms with Gasteiger partial charge in [0.2, 0.25) is 5.91 Å². The van der Waals surface area contributed by atoms with Crippen LogP contribution in [0.4, 0.5) is 0 Å². The molecule has 0 atom stereocenters. The largest absolute Gasteiger partial charge is 0.497 e. The average Bonchev–Trinajstić information content (AvgIpc) is 2.52. The molecule has 1 aromatic heterocycles. The second-order valence-electron chi connectivity index (χ2n) is 5.32. The highest BCUT2D eigenvalue weighted by molar-refractivity contribution is 7.99. The third-order valence-corrected chi connectivity index (χ3v) is 4.12. The smallest absolute Gasteiger partial charge is 0.233 e. The van der Waals surface area contributed by atoms with Crippen molar-refractivity contribution in [2.24, 2.45) is 0 Å². The highest BCUT2D eigenvalue weighted by atomic mass is 32.2. The van der Waals surface area contributed by atoms with Gasteiger partial charge < -0.3 is 9.64 Å². The van der Waals surface area contributed by atoms with E-state index in [1.54, 1.807) is 19.1 Å². The SMILES string of the molecule is COc1ccc(CN(C)C(=O)CSc2nc(C)cc(C)n2)cc1. The Bertz CT molecular complexity index is 654. The van der Waals surface area contributed by atoms with Gasteiger partial charge in [0.25, 0.3) is 0 Å². The minimum absolute atomic E-state index is 0.0496. The molecular formula is C17H21N3O2S. The van der Waals surface area contributed by atoms with E-state index in [2.05, 4.69) is 9.97 Å². The van der Waals surface area contributed by atoms with Gasteiger partial charge in [0.05, 0.1) is 12.9 Å². The summed E-state index contributed by atoms with van der Waals surface area (Å²) in [5.41, 5.74) is 2.90. The summed E-state index contributed by atoms with van der Waals surface area (Å²) >= 11 is 1.37. The highest BCUT2D eigenvalue weighted by Gasteiger charge is 2.11. The van der Waals surface area contributed by atoms with Gasteiger partial charge in [-0.2, -0.15) is 0 Å². The Labute approximate surface area is 141 Å². The first-order chi connectivity index (χ1) is 11.0. The first-order valence-electron chi connectivity index (χ1n) is 7.30. The standard InChI is InChI=1S/C17H21N3O2S/c1-12-9-13(2)19-17(18-12)23-11-16(21)20(3)10-14-5-7-15(22-4)8-6-14/h5-9H,10-11H2,1-4H3. The van der Waals surface area contributed by atoms with Crippen molar-refractivity contribution in [1.29, 1.82) is 0 Å². The summed E-state index contributed by atoms with van der Waals surface area (Å²) in [6.45, 7) is 4.42. The van der Waals surface area contributed by atoms with Crippen LogP contribution in [0, 0.1) is 13.8 Å². The van der Waals surface area contributed by atoms with Crippen LogP contribution < -0.4 is 4.74 Å². The van der Waals surface area contributed by atoms with Gasteiger partial charge in [-0.15, -0.1) is 0 Å². The number of hydrogen-bond donors (Lipinski definition) is 0. The van der Waals surface area contributed by atoms with Gasteiger partial charge in [-0.25, -0.2) is 9.97 Å². The number of carbonyl (C=O) groups is 1. The maximum absolute atomic E-state index is 12.2. The molecule has 2 rings (SSSR count). The average molecular weight is 331 g/mol. The molecule has 0 saturated heterocycles. The van der Waals surface area contributed by atoms with E-state index >= 15 is 0 Å². The minimum atomic E-state index is 0.0496. The Morgan fingerprint density at radius 3 is 2.35 bits per heavy atom. The highest BCUT2D eigenvalue weighted by Crippen LogP contribution is 2.16. The van der Waals surface area contributed by atoms with E-state index in [1.165, 1.54) is 11.8 Å². The van der Waals surface area contributed by atoms with Crippen LogP contribution >= 0.6 is 11.8 Å². The quantitative estimate of drug-likeness (QED) is 0.602. The van der Waals surface area contributed by atoms with Crippen LogP contribution in [0.3, 0.4) is 0 Å². The summed E-state index contributed by atoms with van der Waals surface area (Å²) in [6.07, 6.45) is 0. The zero-order valence-electron chi connectivity index (χ0n) is 13.9. The molecule has 1 amide bonds. The lowest BCUT2D eigenvalue weighted by Gasteiger charge is -2.17. The van der Waals surface area contributed by atoms with E-state index in [-0.39, 0.29) is 5.91 Å². The fourth-order valence-corrected chi connectivity index (χ4v) is 2.98. The Morgan fingerprint density at radius 2 is 1.78 bits per heavy atom. The number of hydrogen-bond acceptors (Lipinski definition) is 5. The number of thioether (sulfide) groups is 1. The molecule has 0 spiro atoms. The van der Waals surface area contributed by atoms with Gasteiger partial charge in [0.15, 0.2) is 5.16 Å². The van der Waals surface area contributed by atoms with E-state index in [0.717, 1.165) is 22.7 Å². The summed E-state index contributed by atoms with van der Waals surface area (Å²) in [7, 11) is 3.44. The molecular weight excluding hydrogens is 310 g/mol. The summed E-state index contributed by atoms with van der Waals surface area (Å²) < 4.78 is 5.13. The minimum Gasteiger partial charge on any atom is -0.497 e. The van der Waals surface area contributed by atoms with E-state index in [1.807, 2.05) is 44.2 Å². The van der Waals surface area contributed by atoms with Crippen molar-refractivity contribution in [3.8, 4) is 5.75 Å². The van der Waals surface area contributed by atoms with Crippen molar-refractivity contribution in [2.75, 3.05) is 19.9 Å². The second kappa shape index (κ2) is 7.97. The molecule has 0 unspecified atom stereocenters. The lowest BCUT2D eigenvalue weighted by Crippen LogP contribution is -2.27. The molecule has 1 heterocycles. The number of nitrogens with zero attached hydrogens (tertiary/aromatic N) is 3. The molecule has 0 N–H and O–H groups in total. The zero-order chi connectivity index (χ0) is 16.8. The second-order valence-corrected chi connectivity index (χ2v) is 6.26. The normalized spacial score (nSPS) is 10.4. The number of benzene rings is 1. The number of rotatable bonds is 6. The Morgan fingerprint density at radius 1 is 1.17 bits per heavy atom. The monoisotopic (exact) mass is 331 g/mol. The maximum Gasteiger partial charge on any atom is 0.233 e. The van der Waals surface area contributed by atoms with Crippen LogP contribution in [0.2, 0.25) is 0 Å². The van der Waals surface area contributed by atoms with Crippen molar-refractivity contribution in [3.63, 3.8) is 0 Å². The van der Waals surface area contributed by atoms with E-state index < -0.39 is 0 Å². The molecule has 23 heavy (non-hydrogen) atoms. The summed E-state index contributed by atoms with van der Waals surface area (Å²) in [5, 5.41) is 0.647. The summed E-state index contributed by atoms with van der Waals surface area (Å²) in [6, 6.07) is 9.63. The van der Waals surface area contributed by atoms with Crippen LogP contribution in [0.25, 0.3) is 0 Å². The van der Waals surface area contributed by atoms with Crippen LogP contribution in [0.1, 0.15) is 17.0 Å².